The van der Waals surface area contributed by atoms with Gasteiger partial charge >= 0.3 is 0 Å². The summed E-state index contributed by atoms with van der Waals surface area (Å²) in [7, 11) is 1.87. The van der Waals surface area contributed by atoms with Gasteiger partial charge in [-0.1, -0.05) is 12.8 Å². The number of hydrogen-bond donors (Lipinski definition) is 2. The lowest BCUT2D eigenvalue weighted by Gasteiger charge is -2.27. The molecule has 0 spiro atoms. The number of aryl methyl sites for hydroxylation is 2. The highest BCUT2D eigenvalue weighted by atomic mass is 16.3. The van der Waals surface area contributed by atoms with Crippen LogP contribution in [-0.4, -0.2) is 51.4 Å². The third kappa shape index (κ3) is 3.83. The Bertz CT molecular complexity index is 492. The van der Waals surface area contributed by atoms with Crippen LogP contribution in [-0.2, 0) is 11.8 Å². The van der Waals surface area contributed by atoms with E-state index in [9.17, 15) is 9.90 Å². The summed E-state index contributed by atoms with van der Waals surface area (Å²) in [4.78, 5) is 14.4. The Balaban J connectivity index is 1.98. The largest absolute Gasteiger partial charge is 0.395 e. The van der Waals surface area contributed by atoms with Crippen LogP contribution in [0.1, 0.15) is 37.1 Å². The molecule has 6 nitrogen and oxygen atoms in total. The Labute approximate surface area is 126 Å². The van der Waals surface area contributed by atoms with Gasteiger partial charge in [-0.05, 0) is 26.7 Å². The number of carbonyl (C=O) groups excluding carboxylic acids is 1. The topological polar surface area (TPSA) is 70.4 Å². The van der Waals surface area contributed by atoms with Crippen molar-refractivity contribution in [2.24, 2.45) is 7.05 Å². The average molecular weight is 294 g/mol. The predicted octanol–water partition coefficient (Wildman–Crippen LogP) is 1.21. The summed E-state index contributed by atoms with van der Waals surface area (Å²) in [6.07, 6.45) is 4.68. The normalized spacial score (nSPS) is 15.9. The first-order valence-corrected chi connectivity index (χ1v) is 7.68. The number of nitrogens with one attached hydrogen (secondary N) is 1. The number of rotatable bonds is 6. The highest BCUT2D eigenvalue weighted by Crippen LogP contribution is 2.23. The number of amides is 1. The fraction of sp³-hybridized carbons (Fsp3) is 0.733. The molecule has 1 amide bonds. The molecular formula is C15H26N4O2. The van der Waals surface area contributed by atoms with Crippen LogP contribution in [0, 0.1) is 13.8 Å². The first-order valence-electron chi connectivity index (χ1n) is 7.68. The van der Waals surface area contributed by atoms with Crippen molar-refractivity contribution in [1.29, 1.82) is 0 Å². The third-order valence-electron chi connectivity index (χ3n) is 4.35. The molecule has 0 saturated heterocycles. The number of aromatic nitrogens is 2. The maximum Gasteiger partial charge on any atom is 0.238 e. The number of nitrogens with zero attached hydrogens (tertiary/aromatic N) is 3. The second kappa shape index (κ2) is 7.04. The molecule has 1 aliphatic rings. The number of carbonyl (C=O) groups is 1. The van der Waals surface area contributed by atoms with Gasteiger partial charge < -0.3 is 10.4 Å². The van der Waals surface area contributed by atoms with Crippen LogP contribution in [0.3, 0.4) is 0 Å². The van der Waals surface area contributed by atoms with Gasteiger partial charge in [0, 0.05) is 19.6 Å². The Morgan fingerprint density at radius 3 is 2.62 bits per heavy atom. The Morgan fingerprint density at radius 2 is 2.10 bits per heavy atom. The Morgan fingerprint density at radius 1 is 1.43 bits per heavy atom. The number of anilines is 1. The van der Waals surface area contributed by atoms with Gasteiger partial charge in [0.15, 0.2) is 0 Å². The van der Waals surface area contributed by atoms with Crippen molar-refractivity contribution in [3.8, 4) is 0 Å². The second-order valence-corrected chi connectivity index (χ2v) is 5.85. The number of hydrogen-bond acceptors (Lipinski definition) is 4. The second-order valence-electron chi connectivity index (χ2n) is 5.85. The van der Waals surface area contributed by atoms with Crippen molar-refractivity contribution >= 4 is 11.6 Å². The van der Waals surface area contributed by atoms with Gasteiger partial charge in [0.2, 0.25) is 5.91 Å². The maximum atomic E-state index is 12.3. The molecule has 1 fully saturated rings. The van der Waals surface area contributed by atoms with Crippen molar-refractivity contribution < 1.29 is 9.90 Å². The molecule has 0 aromatic carbocycles. The van der Waals surface area contributed by atoms with Crippen molar-refractivity contribution in [2.75, 3.05) is 25.0 Å². The van der Waals surface area contributed by atoms with Crippen molar-refractivity contribution in [2.45, 2.75) is 45.6 Å². The van der Waals surface area contributed by atoms with Gasteiger partial charge in [-0.2, -0.15) is 5.10 Å². The highest BCUT2D eigenvalue weighted by molar-refractivity contribution is 5.93. The minimum atomic E-state index is -0.0328. The van der Waals surface area contributed by atoms with Gasteiger partial charge in [-0.15, -0.1) is 0 Å². The first kappa shape index (κ1) is 16.0. The van der Waals surface area contributed by atoms with E-state index in [1.54, 1.807) is 4.68 Å². The molecule has 0 bridgehead atoms. The summed E-state index contributed by atoms with van der Waals surface area (Å²) in [6.45, 7) is 4.82. The average Bonchev–Trinajstić information content (AvgIpc) is 3.04. The van der Waals surface area contributed by atoms with Crippen LogP contribution in [0.5, 0.6) is 0 Å². The zero-order valence-electron chi connectivity index (χ0n) is 13.2. The molecule has 6 heteroatoms. The van der Waals surface area contributed by atoms with Crippen LogP contribution < -0.4 is 5.32 Å². The van der Waals surface area contributed by atoms with E-state index in [0.29, 0.717) is 19.1 Å². The molecule has 0 atom stereocenters. The maximum absolute atomic E-state index is 12.3. The smallest absolute Gasteiger partial charge is 0.238 e. The molecule has 0 radical (unpaired) electrons. The summed E-state index contributed by atoms with van der Waals surface area (Å²) in [5.41, 5.74) is 2.59. The monoisotopic (exact) mass is 294 g/mol. The lowest BCUT2D eigenvalue weighted by atomic mass is 10.2. The lowest BCUT2D eigenvalue weighted by Crippen LogP contribution is -2.41. The van der Waals surface area contributed by atoms with Crippen LogP contribution in [0.4, 0.5) is 5.69 Å². The standard InChI is InChI=1S/C15H26N4O2/c1-11-15(12(2)18(3)17-11)16-14(21)10-19(8-9-20)13-6-4-5-7-13/h13,20H,4-10H2,1-3H3,(H,16,21). The van der Waals surface area contributed by atoms with E-state index in [1.807, 2.05) is 20.9 Å². The molecule has 1 aliphatic carbocycles. The summed E-state index contributed by atoms with van der Waals surface area (Å²) in [5.74, 6) is -0.0328. The van der Waals surface area contributed by atoms with Crippen LogP contribution in [0.25, 0.3) is 0 Å². The van der Waals surface area contributed by atoms with E-state index in [4.69, 9.17) is 0 Å². The zero-order valence-corrected chi connectivity index (χ0v) is 13.2. The highest BCUT2D eigenvalue weighted by Gasteiger charge is 2.24. The van der Waals surface area contributed by atoms with Gasteiger partial charge in [0.05, 0.1) is 30.2 Å². The molecule has 21 heavy (non-hydrogen) atoms. The summed E-state index contributed by atoms with van der Waals surface area (Å²) >= 11 is 0. The molecule has 1 saturated carbocycles. The summed E-state index contributed by atoms with van der Waals surface area (Å²) in [6, 6.07) is 0.430. The van der Waals surface area contributed by atoms with Crippen LogP contribution in [0.15, 0.2) is 0 Å². The van der Waals surface area contributed by atoms with Gasteiger partial charge in [-0.3, -0.25) is 14.4 Å². The minimum Gasteiger partial charge on any atom is -0.395 e. The van der Waals surface area contributed by atoms with E-state index in [1.165, 1.54) is 12.8 Å². The van der Waals surface area contributed by atoms with E-state index in [0.717, 1.165) is 29.9 Å². The molecular weight excluding hydrogens is 268 g/mol. The molecule has 1 aromatic heterocycles. The molecule has 0 unspecified atom stereocenters. The van der Waals surface area contributed by atoms with Gasteiger partial charge in [0.1, 0.15) is 0 Å². The molecule has 2 rings (SSSR count). The molecule has 1 heterocycles. The fourth-order valence-electron chi connectivity index (χ4n) is 3.11. The zero-order chi connectivity index (χ0) is 15.4. The molecule has 2 N–H and O–H groups in total. The first-order chi connectivity index (χ1) is 10.0. The van der Waals surface area contributed by atoms with Crippen molar-refractivity contribution in [3.63, 3.8) is 0 Å². The Hall–Kier alpha value is -1.40. The van der Waals surface area contributed by atoms with Crippen LogP contribution in [0.2, 0.25) is 0 Å². The molecule has 0 aliphatic heterocycles. The van der Waals surface area contributed by atoms with E-state index in [-0.39, 0.29) is 12.5 Å². The minimum absolute atomic E-state index is 0.0328. The number of aliphatic hydroxyl groups is 1. The SMILES string of the molecule is Cc1nn(C)c(C)c1NC(=O)CN(CCO)C1CCCC1. The molecule has 118 valence electrons. The van der Waals surface area contributed by atoms with E-state index >= 15 is 0 Å². The summed E-state index contributed by atoms with van der Waals surface area (Å²) < 4.78 is 1.77. The van der Waals surface area contributed by atoms with Crippen LogP contribution >= 0.6 is 0 Å². The fourth-order valence-corrected chi connectivity index (χ4v) is 3.11. The molecule has 1 aromatic rings. The Kier molecular flexibility index (Phi) is 5.36. The van der Waals surface area contributed by atoms with Crippen molar-refractivity contribution in [1.82, 2.24) is 14.7 Å². The lowest BCUT2D eigenvalue weighted by molar-refractivity contribution is -0.118. The predicted molar refractivity (Wildman–Crippen MR) is 82.2 cm³/mol. The van der Waals surface area contributed by atoms with Gasteiger partial charge in [0.25, 0.3) is 0 Å². The van der Waals surface area contributed by atoms with E-state index in [2.05, 4.69) is 15.3 Å². The van der Waals surface area contributed by atoms with Crippen molar-refractivity contribution in [3.05, 3.63) is 11.4 Å². The van der Waals surface area contributed by atoms with Gasteiger partial charge in [-0.25, -0.2) is 0 Å². The summed E-state index contributed by atoms with van der Waals surface area (Å²) in [5, 5.41) is 16.5. The third-order valence-corrected chi connectivity index (χ3v) is 4.35. The quantitative estimate of drug-likeness (QED) is 0.827. The van der Waals surface area contributed by atoms with E-state index < -0.39 is 0 Å². The number of aliphatic hydroxyl groups excluding tert-OH is 1.